The third kappa shape index (κ3) is 6.52. The van der Waals surface area contributed by atoms with Crippen molar-refractivity contribution in [3.8, 4) is 0 Å². The third-order valence-corrected chi connectivity index (χ3v) is 6.72. The number of ketones is 1. The van der Waals surface area contributed by atoms with Gasteiger partial charge in [-0.3, -0.25) is 0 Å². The first-order chi connectivity index (χ1) is 17.7. The van der Waals surface area contributed by atoms with Crippen LogP contribution in [0.25, 0.3) is 17.3 Å². The second-order valence-electron chi connectivity index (χ2n) is 9.90. The van der Waals surface area contributed by atoms with Crippen molar-refractivity contribution in [3.05, 3.63) is 70.8 Å². The minimum Gasteiger partial charge on any atom is -0.362 e. The molecule has 7 heteroatoms. The molecule has 1 aromatic carbocycles. The van der Waals surface area contributed by atoms with Crippen molar-refractivity contribution >= 4 is 28.9 Å². The molecule has 3 rings (SSSR count). The summed E-state index contributed by atoms with van der Waals surface area (Å²) in [7, 11) is 5.97. The molecule has 0 fully saturated rings. The van der Waals surface area contributed by atoms with Gasteiger partial charge in [0.25, 0.3) is 0 Å². The van der Waals surface area contributed by atoms with E-state index in [0.717, 1.165) is 70.7 Å². The summed E-state index contributed by atoms with van der Waals surface area (Å²) in [6.07, 6.45) is 9.86. The van der Waals surface area contributed by atoms with Crippen LogP contribution in [0.2, 0.25) is 0 Å². The van der Waals surface area contributed by atoms with Gasteiger partial charge in [0.05, 0.1) is 11.9 Å². The highest BCUT2D eigenvalue weighted by Gasteiger charge is 2.25. The molecule has 0 radical (unpaired) electrons. The Hall–Kier alpha value is -3.32. The molecule has 1 unspecified atom stereocenters. The number of fused-ring (bicyclic) bond motifs is 1. The maximum atomic E-state index is 14.0. The van der Waals surface area contributed by atoms with Gasteiger partial charge in [-0.1, -0.05) is 32.1 Å². The van der Waals surface area contributed by atoms with Crippen molar-refractivity contribution in [3.63, 3.8) is 0 Å². The Balaban J connectivity index is 2.26. The number of Topliss-reactive ketones (excluding diaryl/α,β-unsaturated/α-hetero) is 1. The molecule has 0 aliphatic rings. The monoisotopic (exact) mass is 505 g/mol. The highest BCUT2D eigenvalue weighted by molar-refractivity contribution is 5.92. The van der Waals surface area contributed by atoms with Crippen LogP contribution in [0.15, 0.2) is 37.1 Å². The van der Waals surface area contributed by atoms with Crippen molar-refractivity contribution in [2.75, 3.05) is 26.0 Å². The lowest BCUT2D eigenvalue weighted by molar-refractivity contribution is -0.117. The van der Waals surface area contributed by atoms with Gasteiger partial charge in [-0.15, -0.1) is 0 Å². The van der Waals surface area contributed by atoms with Crippen LogP contribution in [-0.4, -0.2) is 41.5 Å². The van der Waals surface area contributed by atoms with E-state index in [-0.39, 0.29) is 17.5 Å². The lowest BCUT2D eigenvalue weighted by atomic mass is 9.90. The van der Waals surface area contributed by atoms with Crippen molar-refractivity contribution in [2.24, 2.45) is 0 Å². The van der Waals surface area contributed by atoms with Crippen molar-refractivity contribution in [1.29, 1.82) is 0 Å². The van der Waals surface area contributed by atoms with E-state index in [9.17, 15) is 9.18 Å². The van der Waals surface area contributed by atoms with E-state index in [1.54, 1.807) is 19.1 Å². The molecule has 0 saturated heterocycles. The van der Waals surface area contributed by atoms with Crippen LogP contribution in [-0.2, 0) is 11.3 Å². The molecular weight excluding hydrogens is 465 g/mol. The van der Waals surface area contributed by atoms with Crippen LogP contribution >= 0.6 is 0 Å². The Labute approximate surface area is 220 Å². The summed E-state index contributed by atoms with van der Waals surface area (Å²) in [5, 5.41) is 8.06. The molecule has 0 amide bonds. The Morgan fingerprint density at radius 3 is 2.68 bits per heavy atom. The first-order valence-corrected chi connectivity index (χ1v) is 13.0. The number of benzene rings is 1. The lowest BCUT2D eigenvalue weighted by Crippen LogP contribution is -2.23. The van der Waals surface area contributed by atoms with Gasteiger partial charge in [0.15, 0.2) is 5.65 Å². The molecule has 0 spiro atoms. The minimum atomic E-state index is -0.278. The minimum absolute atomic E-state index is 0.217. The fourth-order valence-corrected chi connectivity index (χ4v) is 4.92. The number of carbonyl (C=O) groups is 1. The first kappa shape index (κ1) is 28.3. The maximum absolute atomic E-state index is 14.0. The molecule has 0 aliphatic heterocycles. The molecule has 6 nitrogen and oxygen atoms in total. The van der Waals surface area contributed by atoms with E-state index in [0.29, 0.717) is 13.0 Å². The number of nitrogens with zero attached hydrogens (tertiary/aromatic N) is 4. The average Bonchev–Trinajstić information content (AvgIpc) is 3.26. The van der Waals surface area contributed by atoms with Crippen LogP contribution in [0.5, 0.6) is 0 Å². The molecule has 0 saturated carbocycles. The quantitative estimate of drug-likeness (QED) is 0.275. The number of hydrogen-bond donors (Lipinski definition) is 1. The maximum Gasteiger partial charge on any atom is 0.165 e. The van der Waals surface area contributed by atoms with Crippen molar-refractivity contribution in [2.45, 2.75) is 65.3 Å². The van der Waals surface area contributed by atoms with E-state index < -0.39 is 0 Å². The molecular formula is C30H40FN5O. The van der Waals surface area contributed by atoms with Gasteiger partial charge in [0, 0.05) is 44.1 Å². The van der Waals surface area contributed by atoms with Crippen molar-refractivity contribution < 1.29 is 9.18 Å². The van der Waals surface area contributed by atoms with Crippen LogP contribution in [0.1, 0.15) is 79.8 Å². The largest absolute Gasteiger partial charge is 0.362 e. The summed E-state index contributed by atoms with van der Waals surface area (Å²) in [4.78, 5) is 19.0. The fraction of sp³-hybridized carbons (Fsp3) is 0.433. The highest BCUT2D eigenvalue weighted by Crippen LogP contribution is 2.35. The fourth-order valence-electron chi connectivity index (χ4n) is 4.92. The number of aromatic nitrogens is 3. The summed E-state index contributed by atoms with van der Waals surface area (Å²) >= 11 is 0. The number of hydrogen-bond acceptors (Lipinski definition) is 5. The van der Waals surface area contributed by atoms with Gasteiger partial charge in [0.1, 0.15) is 17.4 Å². The molecule has 0 bridgehead atoms. The number of halogens is 1. The van der Waals surface area contributed by atoms with Crippen LogP contribution < -0.4 is 10.2 Å². The SMILES string of the molecule is C=CC(=Cc1cc(F)ccc1C)c1cnn2c(N(C)C)c(CNC)c(C(CCC)CCCC(C)=O)nc12. The Bertz CT molecular complexity index is 1290. The summed E-state index contributed by atoms with van der Waals surface area (Å²) in [5.41, 5.74) is 6.34. The Kier molecular flexibility index (Phi) is 9.75. The smallest absolute Gasteiger partial charge is 0.165 e. The van der Waals surface area contributed by atoms with Gasteiger partial charge >= 0.3 is 0 Å². The lowest BCUT2D eigenvalue weighted by Gasteiger charge is -2.25. The van der Waals surface area contributed by atoms with Crippen LogP contribution in [0.4, 0.5) is 10.2 Å². The topological polar surface area (TPSA) is 62.5 Å². The Morgan fingerprint density at radius 1 is 1.30 bits per heavy atom. The summed E-state index contributed by atoms with van der Waals surface area (Å²) in [6, 6.07) is 4.78. The average molecular weight is 506 g/mol. The molecule has 37 heavy (non-hydrogen) atoms. The standard InChI is InChI=1S/C30H40FN5O/c1-8-11-23(13-10-12-21(4)37)28-27(18-32-5)30(35(6)7)36-29(34-28)26(19-33-36)22(9-2)16-24-17-25(31)15-14-20(24)3/h9,14-17,19,23,32H,2,8,10-13,18H2,1,3-7H3. The second-order valence-corrected chi connectivity index (χ2v) is 9.90. The van der Waals surface area contributed by atoms with E-state index in [4.69, 9.17) is 10.1 Å². The number of carbonyl (C=O) groups excluding carboxylic acids is 1. The molecule has 3 aromatic rings. The molecule has 0 aliphatic carbocycles. The number of anilines is 1. The van der Waals surface area contributed by atoms with Crippen molar-refractivity contribution in [1.82, 2.24) is 19.9 Å². The van der Waals surface area contributed by atoms with E-state index in [1.807, 2.05) is 44.9 Å². The zero-order valence-electron chi connectivity index (χ0n) is 23.1. The predicted molar refractivity (Wildman–Crippen MR) is 151 cm³/mol. The molecule has 1 N–H and O–H groups in total. The summed E-state index contributed by atoms with van der Waals surface area (Å²) in [6.45, 7) is 10.5. The number of aryl methyl sites for hydroxylation is 1. The summed E-state index contributed by atoms with van der Waals surface area (Å²) < 4.78 is 15.9. The first-order valence-electron chi connectivity index (χ1n) is 13.0. The van der Waals surface area contributed by atoms with Gasteiger partial charge in [-0.05, 0) is 75.1 Å². The zero-order valence-corrected chi connectivity index (χ0v) is 23.1. The molecule has 2 aromatic heterocycles. The second kappa shape index (κ2) is 12.8. The number of rotatable bonds is 13. The zero-order chi connectivity index (χ0) is 27.1. The molecule has 1 atom stereocenters. The van der Waals surface area contributed by atoms with E-state index in [1.165, 1.54) is 12.1 Å². The highest BCUT2D eigenvalue weighted by atomic mass is 19.1. The van der Waals surface area contributed by atoms with Crippen LogP contribution in [0, 0.1) is 12.7 Å². The molecule has 198 valence electrons. The van der Waals surface area contributed by atoms with Crippen LogP contribution in [0.3, 0.4) is 0 Å². The number of nitrogens with one attached hydrogen (secondary N) is 1. The molecule has 2 heterocycles. The number of allylic oxidation sites excluding steroid dienone is 2. The normalized spacial score (nSPS) is 12.7. The van der Waals surface area contributed by atoms with Gasteiger partial charge in [0.2, 0.25) is 0 Å². The Morgan fingerprint density at radius 2 is 2.05 bits per heavy atom. The van der Waals surface area contributed by atoms with Gasteiger partial charge in [-0.2, -0.15) is 9.61 Å². The van der Waals surface area contributed by atoms with E-state index >= 15 is 0 Å². The van der Waals surface area contributed by atoms with Gasteiger partial charge in [-0.25, -0.2) is 9.37 Å². The van der Waals surface area contributed by atoms with Gasteiger partial charge < -0.3 is 15.0 Å². The summed E-state index contributed by atoms with van der Waals surface area (Å²) in [5.74, 6) is 1.13. The predicted octanol–water partition coefficient (Wildman–Crippen LogP) is 6.33. The third-order valence-electron chi connectivity index (χ3n) is 6.72. The van der Waals surface area contributed by atoms with E-state index in [2.05, 4.69) is 23.7 Å².